The van der Waals surface area contributed by atoms with E-state index in [4.69, 9.17) is 0 Å². The predicted molar refractivity (Wildman–Crippen MR) is 45.9 cm³/mol. The lowest BCUT2D eigenvalue weighted by Gasteiger charge is -1.95. The lowest BCUT2D eigenvalue weighted by molar-refractivity contribution is 1.02. The molecule has 0 aromatic rings. The van der Waals surface area contributed by atoms with Crippen molar-refractivity contribution in [3.05, 3.63) is 23.8 Å². The fraction of sp³-hybridized carbons (Fsp3) is 0.600. The van der Waals surface area contributed by atoms with E-state index < -0.39 is 0 Å². The Morgan fingerprint density at radius 3 is 2.60 bits per heavy atom. The molecule has 0 radical (unpaired) electrons. The van der Waals surface area contributed by atoms with Crippen molar-refractivity contribution in [1.82, 2.24) is 0 Å². The first kappa shape index (κ1) is 7.59. The van der Waals surface area contributed by atoms with Crippen LogP contribution < -0.4 is 0 Å². The minimum absolute atomic E-state index is 0.913. The van der Waals surface area contributed by atoms with Gasteiger partial charge in [0, 0.05) is 0 Å². The van der Waals surface area contributed by atoms with E-state index in [1.165, 1.54) is 19.3 Å². The molecule has 10 heavy (non-hydrogen) atoms. The zero-order chi connectivity index (χ0) is 7.40. The summed E-state index contributed by atoms with van der Waals surface area (Å²) in [5.74, 6) is 0.913. The second-order valence-electron chi connectivity index (χ2n) is 2.89. The number of rotatable bonds is 3. The summed E-state index contributed by atoms with van der Waals surface area (Å²) in [6.45, 7) is 4.29. The van der Waals surface area contributed by atoms with Gasteiger partial charge in [-0.15, -0.1) is 0 Å². The molecule has 0 aliphatic heterocycles. The Kier molecular flexibility index (Phi) is 2.73. The average molecular weight is 136 g/mol. The molecule has 56 valence electrons. The number of allylic oxidation sites excluding steroid dienone is 4. The number of hydrogen-bond acceptors (Lipinski definition) is 0. The van der Waals surface area contributed by atoms with E-state index in [9.17, 15) is 0 Å². The Morgan fingerprint density at radius 2 is 2.20 bits per heavy atom. The maximum absolute atomic E-state index is 2.34. The molecule has 1 saturated carbocycles. The highest BCUT2D eigenvalue weighted by atomic mass is 14.3. The van der Waals surface area contributed by atoms with Gasteiger partial charge in [-0.2, -0.15) is 0 Å². The zero-order valence-corrected chi connectivity index (χ0v) is 6.93. The van der Waals surface area contributed by atoms with Crippen LogP contribution in [0.3, 0.4) is 0 Å². The van der Waals surface area contributed by atoms with Crippen LogP contribution in [0.1, 0.15) is 33.1 Å². The minimum Gasteiger partial charge on any atom is -0.0874 e. The van der Waals surface area contributed by atoms with Crippen molar-refractivity contribution in [1.29, 1.82) is 0 Å². The van der Waals surface area contributed by atoms with Crippen LogP contribution in [-0.4, -0.2) is 0 Å². The molecule has 0 bridgehead atoms. The van der Waals surface area contributed by atoms with E-state index in [1.54, 1.807) is 5.57 Å². The molecule has 1 aliphatic carbocycles. The third-order valence-electron chi connectivity index (χ3n) is 1.85. The standard InChI is InChI=1S/C10H16/c1-3-5-9(6-4-2)10-7-8-10/h3,5-6,10H,4,7-8H2,1-2H3/b5-3-,9-6+. The Labute approximate surface area is 63.6 Å². The molecule has 0 aromatic carbocycles. The largest absolute Gasteiger partial charge is 0.0874 e. The van der Waals surface area contributed by atoms with Gasteiger partial charge < -0.3 is 0 Å². The summed E-state index contributed by atoms with van der Waals surface area (Å²) >= 11 is 0. The fourth-order valence-electron chi connectivity index (χ4n) is 1.22. The Hall–Kier alpha value is -0.520. The highest BCUT2D eigenvalue weighted by molar-refractivity contribution is 5.24. The first-order valence-electron chi connectivity index (χ1n) is 4.21. The topological polar surface area (TPSA) is 0 Å². The van der Waals surface area contributed by atoms with Crippen molar-refractivity contribution in [2.24, 2.45) is 5.92 Å². The van der Waals surface area contributed by atoms with Gasteiger partial charge in [0.05, 0.1) is 0 Å². The van der Waals surface area contributed by atoms with Gasteiger partial charge in [0.15, 0.2) is 0 Å². The van der Waals surface area contributed by atoms with Crippen molar-refractivity contribution in [2.45, 2.75) is 33.1 Å². The van der Waals surface area contributed by atoms with E-state index in [2.05, 4.69) is 32.1 Å². The van der Waals surface area contributed by atoms with Gasteiger partial charge >= 0.3 is 0 Å². The summed E-state index contributed by atoms with van der Waals surface area (Å²) in [7, 11) is 0. The second kappa shape index (κ2) is 3.60. The monoisotopic (exact) mass is 136 g/mol. The van der Waals surface area contributed by atoms with Gasteiger partial charge in [0.1, 0.15) is 0 Å². The van der Waals surface area contributed by atoms with E-state index >= 15 is 0 Å². The molecule has 0 heterocycles. The summed E-state index contributed by atoms with van der Waals surface area (Å²) < 4.78 is 0. The highest BCUT2D eigenvalue weighted by Crippen LogP contribution is 2.37. The van der Waals surface area contributed by atoms with Gasteiger partial charge in [-0.25, -0.2) is 0 Å². The molecular weight excluding hydrogens is 120 g/mol. The van der Waals surface area contributed by atoms with Crippen LogP contribution in [0.2, 0.25) is 0 Å². The molecular formula is C10H16. The van der Waals surface area contributed by atoms with Crippen LogP contribution in [0, 0.1) is 5.92 Å². The molecule has 0 spiro atoms. The molecule has 1 rings (SSSR count). The van der Waals surface area contributed by atoms with Crippen LogP contribution in [-0.2, 0) is 0 Å². The van der Waals surface area contributed by atoms with Crippen LogP contribution in [0.5, 0.6) is 0 Å². The Morgan fingerprint density at radius 1 is 1.50 bits per heavy atom. The van der Waals surface area contributed by atoms with Crippen molar-refractivity contribution in [3.63, 3.8) is 0 Å². The van der Waals surface area contributed by atoms with Crippen LogP contribution in [0.4, 0.5) is 0 Å². The van der Waals surface area contributed by atoms with Gasteiger partial charge in [0.25, 0.3) is 0 Å². The van der Waals surface area contributed by atoms with Gasteiger partial charge in [0.2, 0.25) is 0 Å². The summed E-state index contributed by atoms with van der Waals surface area (Å²) in [6.07, 6.45) is 10.7. The van der Waals surface area contributed by atoms with Gasteiger partial charge in [-0.1, -0.05) is 25.2 Å². The first-order chi connectivity index (χ1) is 4.88. The van der Waals surface area contributed by atoms with E-state index in [-0.39, 0.29) is 0 Å². The Bertz CT molecular complexity index is 147. The molecule has 0 aromatic heterocycles. The van der Waals surface area contributed by atoms with E-state index in [1.807, 2.05) is 0 Å². The molecule has 0 nitrogen and oxygen atoms in total. The maximum Gasteiger partial charge on any atom is -0.0165 e. The van der Waals surface area contributed by atoms with Crippen LogP contribution >= 0.6 is 0 Å². The maximum atomic E-state index is 2.34. The quantitative estimate of drug-likeness (QED) is 0.522. The molecule has 0 heteroatoms. The van der Waals surface area contributed by atoms with Crippen molar-refractivity contribution >= 4 is 0 Å². The summed E-state index contributed by atoms with van der Waals surface area (Å²) in [6, 6.07) is 0. The third kappa shape index (κ3) is 2.02. The highest BCUT2D eigenvalue weighted by Gasteiger charge is 2.23. The van der Waals surface area contributed by atoms with E-state index in [0.717, 1.165) is 5.92 Å². The third-order valence-corrected chi connectivity index (χ3v) is 1.85. The molecule has 0 saturated heterocycles. The summed E-state index contributed by atoms with van der Waals surface area (Å²) in [5, 5.41) is 0. The minimum atomic E-state index is 0.913. The van der Waals surface area contributed by atoms with Gasteiger partial charge in [-0.05, 0) is 37.7 Å². The zero-order valence-electron chi connectivity index (χ0n) is 6.93. The van der Waals surface area contributed by atoms with Crippen molar-refractivity contribution in [2.75, 3.05) is 0 Å². The average Bonchev–Trinajstić information content (AvgIpc) is 2.69. The lowest BCUT2D eigenvalue weighted by atomic mass is 10.1. The number of hydrogen-bond donors (Lipinski definition) is 0. The Balaban J connectivity index is 2.49. The van der Waals surface area contributed by atoms with Gasteiger partial charge in [-0.3, -0.25) is 0 Å². The van der Waals surface area contributed by atoms with Crippen LogP contribution in [0.15, 0.2) is 23.8 Å². The van der Waals surface area contributed by atoms with Crippen molar-refractivity contribution in [3.8, 4) is 0 Å². The second-order valence-corrected chi connectivity index (χ2v) is 2.89. The molecule has 1 aliphatic rings. The van der Waals surface area contributed by atoms with E-state index in [0.29, 0.717) is 0 Å². The molecule has 0 unspecified atom stereocenters. The predicted octanol–water partition coefficient (Wildman–Crippen LogP) is 3.31. The van der Waals surface area contributed by atoms with Crippen LogP contribution in [0.25, 0.3) is 0 Å². The van der Waals surface area contributed by atoms with Crippen molar-refractivity contribution < 1.29 is 0 Å². The first-order valence-corrected chi connectivity index (χ1v) is 4.21. The normalized spacial score (nSPS) is 20.4. The summed E-state index contributed by atoms with van der Waals surface area (Å²) in [5.41, 5.74) is 1.56. The molecule has 0 N–H and O–H groups in total. The lowest BCUT2D eigenvalue weighted by Crippen LogP contribution is -1.78. The SMILES string of the molecule is C/C=C\C(=C/CC)C1CC1. The molecule has 1 fully saturated rings. The summed E-state index contributed by atoms with van der Waals surface area (Å²) in [4.78, 5) is 0. The molecule has 0 amide bonds. The molecule has 0 atom stereocenters. The fourth-order valence-corrected chi connectivity index (χ4v) is 1.22. The smallest absolute Gasteiger partial charge is 0.0165 e.